The summed E-state index contributed by atoms with van der Waals surface area (Å²) in [5.41, 5.74) is 1.53. The first-order valence-electron chi connectivity index (χ1n) is 6.64. The molecular formula is C17H14O5S. The van der Waals surface area contributed by atoms with Crippen molar-refractivity contribution in [3.05, 3.63) is 66.2 Å². The molecule has 2 aromatic carbocycles. The number of allylic oxidation sites excluding steroid dienone is 1. The molecule has 0 aromatic heterocycles. The molecule has 0 bridgehead atoms. The molecule has 2 aromatic rings. The Balaban J connectivity index is 2.38. The van der Waals surface area contributed by atoms with E-state index in [2.05, 4.69) is 0 Å². The summed E-state index contributed by atoms with van der Waals surface area (Å²) in [5.74, 6) is -1.63. The van der Waals surface area contributed by atoms with E-state index in [1.54, 1.807) is 30.3 Å². The highest BCUT2D eigenvalue weighted by Crippen LogP contribution is 2.27. The zero-order valence-corrected chi connectivity index (χ0v) is 13.1. The number of carbonyl (C=O) groups excluding carboxylic acids is 1. The Morgan fingerprint density at radius 3 is 2.13 bits per heavy atom. The molecule has 0 aliphatic heterocycles. The Morgan fingerprint density at radius 1 is 0.957 bits per heavy atom. The van der Waals surface area contributed by atoms with Crippen LogP contribution in [0.2, 0.25) is 0 Å². The number of ketones is 1. The fourth-order valence-corrected chi connectivity index (χ4v) is 3.00. The minimum atomic E-state index is -3.37. The van der Waals surface area contributed by atoms with Crippen LogP contribution in [0.5, 0.6) is 0 Å². The molecule has 2 rings (SSSR count). The van der Waals surface area contributed by atoms with Crippen LogP contribution < -0.4 is 0 Å². The molecule has 0 atom stereocenters. The van der Waals surface area contributed by atoms with Crippen LogP contribution in [0.4, 0.5) is 0 Å². The molecule has 0 amide bonds. The lowest BCUT2D eigenvalue weighted by molar-refractivity contribution is -0.131. The molecule has 0 unspecified atom stereocenters. The molecule has 0 saturated carbocycles. The van der Waals surface area contributed by atoms with E-state index in [0.717, 1.165) is 18.4 Å². The van der Waals surface area contributed by atoms with Gasteiger partial charge in [0, 0.05) is 23.5 Å². The van der Waals surface area contributed by atoms with Crippen molar-refractivity contribution in [3.8, 4) is 11.1 Å². The fourth-order valence-electron chi connectivity index (χ4n) is 2.09. The van der Waals surface area contributed by atoms with Crippen LogP contribution in [0, 0.1) is 0 Å². The van der Waals surface area contributed by atoms with Crippen molar-refractivity contribution >= 4 is 21.6 Å². The summed E-state index contributed by atoms with van der Waals surface area (Å²) in [6, 6.07) is 12.9. The van der Waals surface area contributed by atoms with Crippen LogP contribution in [0.1, 0.15) is 10.4 Å². The van der Waals surface area contributed by atoms with Gasteiger partial charge in [-0.15, -0.1) is 0 Å². The van der Waals surface area contributed by atoms with Gasteiger partial charge in [-0.1, -0.05) is 42.5 Å². The largest absolute Gasteiger partial charge is 0.478 e. The number of carboxylic acid groups (broad SMARTS) is 1. The third-order valence-electron chi connectivity index (χ3n) is 3.14. The van der Waals surface area contributed by atoms with Crippen LogP contribution in [0.3, 0.4) is 0 Å². The van der Waals surface area contributed by atoms with E-state index in [1.165, 1.54) is 18.2 Å². The topological polar surface area (TPSA) is 88.5 Å². The Bertz CT molecular complexity index is 877. The average Bonchev–Trinajstić information content (AvgIpc) is 2.52. The number of sulfone groups is 1. The zero-order valence-electron chi connectivity index (χ0n) is 12.3. The van der Waals surface area contributed by atoms with Crippen LogP contribution in [-0.4, -0.2) is 31.5 Å². The Hall–Kier alpha value is -2.73. The molecule has 6 heteroatoms. The Morgan fingerprint density at radius 2 is 1.57 bits per heavy atom. The molecule has 0 heterocycles. The second-order valence-corrected chi connectivity index (χ2v) is 6.87. The van der Waals surface area contributed by atoms with Crippen molar-refractivity contribution in [1.29, 1.82) is 0 Å². The first-order valence-corrected chi connectivity index (χ1v) is 8.53. The van der Waals surface area contributed by atoms with E-state index in [1.807, 2.05) is 0 Å². The molecule has 1 N–H and O–H groups in total. The summed E-state index contributed by atoms with van der Waals surface area (Å²) in [5, 5.41) is 8.51. The first kappa shape index (κ1) is 16.6. The Kier molecular flexibility index (Phi) is 4.76. The third-order valence-corrected chi connectivity index (χ3v) is 4.30. The van der Waals surface area contributed by atoms with E-state index >= 15 is 0 Å². The summed E-state index contributed by atoms with van der Waals surface area (Å²) < 4.78 is 23.7. The normalized spacial score (nSPS) is 11.5. The van der Waals surface area contributed by atoms with Crippen molar-refractivity contribution in [2.45, 2.75) is 4.90 Å². The van der Waals surface area contributed by atoms with Crippen molar-refractivity contribution < 1.29 is 23.1 Å². The highest BCUT2D eigenvalue weighted by atomic mass is 32.2. The van der Waals surface area contributed by atoms with Crippen molar-refractivity contribution in [1.82, 2.24) is 0 Å². The molecule has 0 saturated heterocycles. The zero-order chi connectivity index (χ0) is 17.0. The average molecular weight is 330 g/mol. The van der Waals surface area contributed by atoms with Gasteiger partial charge < -0.3 is 5.11 Å². The third kappa shape index (κ3) is 4.14. The molecule has 23 heavy (non-hydrogen) atoms. The predicted octanol–water partition coefficient (Wildman–Crippen LogP) is 2.58. The summed E-state index contributed by atoms with van der Waals surface area (Å²) in [6.07, 6.45) is 2.89. The highest BCUT2D eigenvalue weighted by Gasteiger charge is 2.14. The predicted molar refractivity (Wildman–Crippen MR) is 86.1 cm³/mol. The summed E-state index contributed by atoms with van der Waals surface area (Å²) in [6.45, 7) is 0. The van der Waals surface area contributed by atoms with Crippen LogP contribution in [0.25, 0.3) is 11.1 Å². The van der Waals surface area contributed by atoms with E-state index < -0.39 is 21.6 Å². The van der Waals surface area contributed by atoms with Gasteiger partial charge >= 0.3 is 5.97 Å². The van der Waals surface area contributed by atoms with E-state index in [-0.39, 0.29) is 4.90 Å². The number of benzene rings is 2. The van der Waals surface area contributed by atoms with Crippen LogP contribution in [-0.2, 0) is 14.6 Å². The van der Waals surface area contributed by atoms with Gasteiger partial charge in [0.2, 0.25) is 0 Å². The van der Waals surface area contributed by atoms with Crippen molar-refractivity contribution in [2.75, 3.05) is 6.26 Å². The minimum Gasteiger partial charge on any atom is -0.478 e. The SMILES string of the molecule is CS(=O)(=O)c1ccccc1-c1ccc(C(=O)C=CC(=O)O)cc1. The van der Waals surface area contributed by atoms with Gasteiger partial charge in [-0.05, 0) is 17.7 Å². The molecule has 0 radical (unpaired) electrons. The maximum absolute atomic E-state index is 11.8. The molecule has 0 aliphatic carbocycles. The van der Waals surface area contributed by atoms with Crippen molar-refractivity contribution in [2.24, 2.45) is 0 Å². The second kappa shape index (κ2) is 6.58. The highest BCUT2D eigenvalue weighted by molar-refractivity contribution is 7.90. The van der Waals surface area contributed by atoms with E-state index in [4.69, 9.17) is 5.11 Å². The van der Waals surface area contributed by atoms with Gasteiger partial charge in [-0.3, -0.25) is 4.79 Å². The van der Waals surface area contributed by atoms with Gasteiger partial charge in [0.25, 0.3) is 0 Å². The van der Waals surface area contributed by atoms with E-state index in [0.29, 0.717) is 16.7 Å². The van der Waals surface area contributed by atoms with E-state index in [9.17, 15) is 18.0 Å². The number of aliphatic carboxylic acids is 1. The molecule has 0 aliphatic rings. The second-order valence-electron chi connectivity index (χ2n) is 4.88. The quantitative estimate of drug-likeness (QED) is 0.672. The molecular weight excluding hydrogens is 316 g/mol. The summed E-state index contributed by atoms with van der Waals surface area (Å²) >= 11 is 0. The monoisotopic (exact) mass is 330 g/mol. The lowest BCUT2D eigenvalue weighted by atomic mass is 10.0. The van der Waals surface area contributed by atoms with Gasteiger partial charge in [-0.25, -0.2) is 13.2 Å². The number of hydrogen-bond donors (Lipinski definition) is 1. The molecule has 0 fully saturated rings. The standard InChI is InChI=1S/C17H14O5S/c1-23(21,22)16-5-3-2-4-14(16)12-6-8-13(9-7-12)15(18)10-11-17(19)20/h2-11H,1H3,(H,19,20). The lowest BCUT2D eigenvalue weighted by Crippen LogP contribution is -2.00. The number of carboxylic acids is 1. The number of carbonyl (C=O) groups is 2. The summed E-state index contributed by atoms with van der Waals surface area (Å²) in [7, 11) is -3.37. The number of rotatable bonds is 5. The summed E-state index contributed by atoms with van der Waals surface area (Å²) in [4.78, 5) is 22.4. The fraction of sp³-hybridized carbons (Fsp3) is 0.0588. The van der Waals surface area contributed by atoms with Gasteiger partial charge in [0.15, 0.2) is 15.6 Å². The molecule has 118 valence electrons. The maximum Gasteiger partial charge on any atom is 0.328 e. The van der Waals surface area contributed by atoms with Crippen LogP contribution >= 0.6 is 0 Å². The smallest absolute Gasteiger partial charge is 0.328 e. The van der Waals surface area contributed by atoms with Crippen molar-refractivity contribution in [3.63, 3.8) is 0 Å². The lowest BCUT2D eigenvalue weighted by Gasteiger charge is -2.08. The molecule has 5 nitrogen and oxygen atoms in total. The van der Waals surface area contributed by atoms with Gasteiger partial charge in [-0.2, -0.15) is 0 Å². The first-order chi connectivity index (χ1) is 10.8. The van der Waals surface area contributed by atoms with Gasteiger partial charge in [0.05, 0.1) is 4.90 Å². The maximum atomic E-state index is 11.8. The number of hydrogen-bond acceptors (Lipinski definition) is 4. The molecule has 0 spiro atoms. The minimum absolute atomic E-state index is 0.213. The van der Waals surface area contributed by atoms with Gasteiger partial charge in [0.1, 0.15) is 0 Å². The Labute approximate surface area is 133 Å². The van der Waals surface area contributed by atoms with Crippen LogP contribution in [0.15, 0.2) is 65.6 Å².